The summed E-state index contributed by atoms with van der Waals surface area (Å²) in [5, 5.41) is 22.6. The molecular weight excluding hydrogens is 462 g/mol. The van der Waals surface area contributed by atoms with Gasteiger partial charge in [0.1, 0.15) is 5.15 Å². The summed E-state index contributed by atoms with van der Waals surface area (Å²) in [5.74, 6) is 0. The van der Waals surface area contributed by atoms with Gasteiger partial charge in [-0.2, -0.15) is 5.26 Å². The average Bonchev–Trinajstić information content (AvgIpc) is 3.31. The minimum atomic E-state index is -1.58. The van der Waals surface area contributed by atoms with E-state index in [0.29, 0.717) is 44.3 Å². The molecule has 1 N–H and O–H groups in total. The van der Waals surface area contributed by atoms with Gasteiger partial charge in [-0.3, -0.25) is 4.79 Å². The molecule has 0 bridgehead atoms. The van der Waals surface area contributed by atoms with Crippen molar-refractivity contribution in [3.63, 3.8) is 0 Å². The zero-order valence-electron chi connectivity index (χ0n) is 19.0. The van der Waals surface area contributed by atoms with Crippen molar-refractivity contribution in [2.45, 2.75) is 5.60 Å². The lowest BCUT2D eigenvalue weighted by Crippen LogP contribution is -2.31. The van der Waals surface area contributed by atoms with Crippen LogP contribution >= 0.6 is 11.6 Å². The number of aromatic nitrogens is 4. The number of aliphatic hydroxyl groups is 1. The summed E-state index contributed by atoms with van der Waals surface area (Å²) in [6, 6.07) is 21.1. The van der Waals surface area contributed by atoms with Crippen LogP contribution in [0.25, 0.3) is 22.2 Å². The fraction of sp³-hybridized carbons (Fsp3) is 0.111. The van der Waals surface area contributed by atoms with Gasteiger partial charge in [0.2, 0.25) is 0 Å². The Bertz CT molecular complexity index is 1680. The van der Waals surface area contributed by atoms with Gasteiger partial charge in [0.05, 0.1) is 41.1 Å². The molecule has 0 saturated heterocycles. The zero-order chi connectivity index (χ0) is 24.7. The van der Waals surface area contributed by atoms with Crippen molar-refractivity contribution in [3.05, 3.63) is 117 Å². The molecule has 5 rings (SSSR count). The minimum Gasteiger partial charge on any atom is -0.374 e. The van der Waals surface area contributed by atoms with Crippen LogP contribution in [0.4, 0.5) is 0 Å². The van der Waals surface area contributed by atoms with Crippen LogP contribution < -0.4 is 5.56 Å². The number of nitriles is 1. The van der Waals surface area contributed by atoms with Gasteiger partial charge in [0.15, 0.2) is 5.60 Å². The summed E-state index contributed by atoms with van der Waals surface area (Å²) in [7, 11) is 3.51. The molecule has 0 spiro atoms. The first-order valence-corrected chi connectivity index (χ1v) is 11.2. The van der Waals surface area contributed by atoms with E-state index in [0.717, 1.165) is 5.39 Å². The van der Waals surface area contributed by atoms with E-state index < -0.39 is 5.60 Å². The fourth-order valence-electron chi connectivity index (χ4n) is 4.41. The normalized spacial score (nSPS) is 12.9. The van der Waals surface area contributed by atoms with Crippen LogP contribution in [0.3, 0.4) is 0 Å². The van der Waals surface area contributed by atoms with E-state index in [2.05, 4.69) is 16.0 Å². The molecule has 8 heteroatoms. The molecule has 2 aromatic carbocycles. The van der Waals surface area contributed by atoms with Gasteiger partial charge in [-0.05, 0) is 47.5 Å². The summed E-state index contributed by atoms with van der Waals surface area (Å²) in [4.78, 5) is 21.3. The Kier molecular flexibility index (Phi) is 5.48. The minimum absolute atomic E-state index is 0.184. The third-order valence-corrected chi connectivity index (χ3v) is 6.48. The molecule has 0 amide bonds. The Labute approximate surface area is 206 Å². The first-order chi connectivity index (χ1) is 16.8. The second kappa shape index (κ2) is 8.51. The van der Waals surface area contributed by atoms with Crippen molar-refractivity contribution in [3.8, 4) is 17.3 Å². The number of pyridine rings is 2. The van der Waals surface area contributed by atoms with E-state index in [1.807, 2.05) is 19.2 Å². The molecule has 0 aliphatic rings. The van der Waals surface area contributed by atoms with E-state index in [-0.39, 0.29) is 5.56 Å². The molecule has 7 nitrogen and oxygen atoms in total. The largest absolute Gasteiger partial charge is 0.374 e. The van der Waals surface area contributed by atoms with E-state index in [1.54, 1.807) is 77.2 Å². The summed E-state index contributed by atoms with van der Waals surface area (Å²) in [6.45, 7) is 0. The SMILES string of the molecule is Cn1cncc1[C@@](O)(c1ccc(C#N)cc1)c1ccc2c(c1)c(-c1cccc(Cl)n1)cc(=O)n2C. The first kappa shape index (κ1) is 22.5. The maximum atomic E-state index is 12.7. The zero-order valence-corrected chi connectivity index (χ0v) is 19.7. The summed E-state index contributed by atoms with van der Waals surface area (Å²) < 4.78 is 3.31. The molecule has 172 valence electrons. The summed E-state index contributed by atoms with van der Waals surface area (Å²) >= 11 is 6.14. The van der Waals surface area contributed by atoms with Crippen molar-refractivity contribution in [1.82, 2.24) is 19.1 Å². The number of benzene rings is 2. The molecule has 0 fully saturated rings. The molecule has 35 heavy (non-hydrogen) atoms. The fourth-order valence-corrected chi connectivity index (χ4v) is 4.57. The Hall–Kier alpha value is -4.25. The standard InChI is InChI=1S/C27H20ClN5O2/c1-32-16-30-15-24(32)27(35,18-8-6-17(14-29)7-9-18)19-10-11-23-21(12-19)20(13-26(34)33(23)2)22-4-3-5-25(28)31-22/h3-13,15-16,35H,1-2H3/t27-/m1/s1. The Morgan fingerprint density at radius 3 is 2.43 bits per heavy atom. The smallest absolute Gasteiger partial charge is 0.251 e. The van der Waals surface area contributed by atoms with E-state index in [4.69, 9.17) is 11.6 Å². The van der Waals surface area contributed by atoms with Crippen LogP contribution in [-0.2, 0) is 19.7 Å². The molecule has 0 aliphatic carbocycles. The van der Waals surface area contributed by atoms with Gasteiger partial charge in [0.25, 0.3) is 5.56 Å². The highest BCUT2D eigenvalue weighted by molar-refractivity contribution is 6.29. The van der Waals surface area contributed by atoms with Crippen molar-refractivity contribution < 1.29 is 5.11 Å². The molecule has 0 saturated carbocycles. The maximum absolute atomic E-state index is 12.7. The summed E-state index contributed by atoms with van der Waals surface area (Å²) in [6.07, 6.45) is 3.23. The topological polar surface area (TPSA) is 96.7 Å². The number of rotatable bonds is 4. The summed E-state index contributed by atoms with van der Waals surface area (Å²) in [5.41, 5.74) is 2.27. The van der Waals surface area contributed by atoms with Gasteiger partial charge in [0, 0.05) is 31.1 Å². The molecule has 3 aromatic heterocycles. The average molecular weight is 482 g/mol. The number of fused-ring (bicyclic) bond motifs is 1. The highest BCUT2D eigenvalue weighted by atomic mass is 35.5. The van der Waals surface area contributed by atoms with Crippen molar-refractivity contribution in [2.75, 3.05) is 0 Å². The van der Waals surface area contributed by atoms with Crippen molar-refractivity contribution in [2.24, 2.45) is 14.1 Å². The highest BCUT2D eigenvalue weighted by Gasteiger charge is 2.37. The number of halogens is 1. The quantitative estimate of drug-likeness (QED) is 0.389. The van der Waals surface area contributed by atoms with E-state index in [9.17, 15) is 15.2 Å². The van der Waals surface area contributed by atoms with Crippen LogP contribution in [0.5, 0.6) is 0 Å². The van der Waals surface area contributed by atoms with Gasteiger partial charge >= 0.3 is 0 Å². The highest BCUT2D eigenvalue weighted by Crippen LogP contribution is 2.39. The van der Waals surface area contributed by atoms with E-state index >= 15 is 0 Å². The van der Waals surface area contributed by atoms with Crippen LogP contribution in [-0.4, -0.2) is 24.2 Å². The van der Waals surface area contributed by atoms with Crippen LogP contribution in [0.15, 0.2) is 84.0 Å². The number of hydrogen-bond donors (Lipinski definition) is 1. The molecule has 0 radical (unpaired) electrons. The van der Waals surface area contributed by atoms with Gasteiger partial charge in [-0.25, -0.2) is 9.97 Å². The molecule has 0 aliphatic heterocycles. The lowest BCUT2D eigenvalue weighted by Gasteiger charge is -2.30. The number of aryl methyl sites for hydroxylation is 2. The Morgan fingerprint density at radius 1 is 1.03 bits per heavy atom. The molecule has 5 aromatic rings. The van der Waals surface area contributed by atoms with Crippen molar-refractivity contribution in [1.29, 1.82) is 5.26 Å². The van der Waals surface area contributed by atoms with Gasteiger partial charge in [-0.1, -0.05) is 35.9 Å². The van der Waals surface area contributed by atoms with E-state index in [1.165, 1.54) is 6.07 Å². The predicted molar refractivity (Wildman–Crippen MR) is 134 cm³/mol. The lowest BCUT2D eigenvalue weighted by atomic mass is 9.82. The van der Waals surface area contributed by atoms with Crippen LogP contribution in [0.2, 0.25) is 5.15 Å². The van der Waals surface area contributed by atoms with Crippen LogP contribution in [0.1, 0.15) is 22.4 Å². The molecule has 1 atom stereocenters. The van der Waals surface area contributed by atoms with Crippen molar-refractivity contribution >= 4 is 22.5 Å². The third kappa shape index (κ3) is 3.69. The Morgan fingerprint density at radius 2 is 1.77 bits per heavy atom. The lowest BCUT2D eigenvalue weighted by molar-refractivity contribution is 0.117. The third-order valence-electron chi connectivity index (χ3n) is 6.27. The number of hydrogen-bond acceptors (Lipinski definition) is 5. The number of nitrogens with zero attached hydrogens (tertiary/aromatic N) is 5. The van der Waals surface area contributed by atoms with Gasteiger partial charge in [-0.15, -0.1) is 0 Å². The monoisotopic (exact) mass is 481 g/mol. The Balaban J connectivity index is 1.83. The molecule has 3 heterocycles. The maximum Gasteiger partial charge on any atom is 0.251 e. The predicted octanol–water partition coefficient (Wildman–Crippen LogP) is 4.14. The molecule has 0 unspecified atom stereocenters. The molecular formula is C27H20ClN5O2. The second-order valence-electron chi connectivity index (χ2n) is 8.32. The number of imidazole rings is 1. The second-order valence-corrected chi connectivity index (χ2v) is 8.71. The van der Waals surface area contributed by atoms with Crippen LogP contribution in [0, 0.1) is 11.3 Å². The van der Waals surface area contributed by atoms with Gasteiger partial charge < -0.3 is 14.2 Å². The first-order valence-electron chi connectivity index (χ1n) is 10.8.